The lowest BCUT2D eigenvalue weighted by Crippen LogP contribution is -2.45. The maximum atomic E-state index is 5.70. The monoisotopic (exact) mass is 306 g/mol. The topological polar surface area (TPSA) is 33.7 Å². The maximum Gasteiger partial charge on any atom is 0.127 e. The zero-order chi connectivity index (χ0) is 16.1. The molecule has 0 saturated carbocycles. The van der Waals surface area contributed by atoms with E-state index in [4.69, 9.17) is 9.47 Å². The highest BCUT2D eigenvalue weighted by molar-refractivity contribution is 5.50. The van der Waals surface area contributed by atoms with Gasteiger partial charge in [-0.2, -0.15) is 0 Å². The van der Waals surface area contributed by atoms with Crippen LogP contribution in [0.5, 0.6) is 11.5 Å². The highest BCUT2D eigenvalue weighted by Gasteiger charge is 2.28. The number of methoxy groups -OCH3 is 2. The number of ether oxygens (including phenoxy) is 2. The molecule has 0 spiro atoms. The number of hydrogen-bond acceptors (Lipinski definition) is 4. The summed E-state index contributed by atoms with van der Waals surface area (Å²) in [6.07, 6.45) is 1.11. The molecule has 1 fully saturated rings. The number of nitrogens with zero attached hydrogens (tertiary/aromatic N) is 1. The second-order valence-electron chi connectivity index (χ2n) is 6.51. The third-order valence-corrected chi connectivity index (χ3v) is 4.31. The second kappa shape index (κ2) is 7.84. The van der Waals surface area contributed by atoms with Gasteiger partial charge >= 0.3 is 0 Å². The molecule has 1 heterocycles. The number of rotatable bonds is 6. The van der Waals surface area contributed by atoms with Gasteiger partial charge in [0.15, 0.2) is 0 Å². The predicted octanol–water partition coefficient (Wildman–Crippen LogP) is 3.00. The molecule has 0 aliphatic carbocycles. The summed E-state index contributed by atoms with van der Waals surface area (Å²) in [5.74, 6) is 2.51. The van der Waals surface area contributed by atoms with Crippen molar-refractivity contribution in [3.8, 4) is 11.5 Å². The molecule has 1 aromatic carbocycles. The van der Waals surface area contributed by atoms with E-state index in [-0.39, 0.29) is 0 Å². The molecule has 1 N–H and O–H groups in total. The van der Waals surface area contributed by atoms with Crippen LogP contribution in [-0.4, -0.2) is 45.3 Å². The van der Waals surface area contributed by atoms with Crippen LogP contribution >= 0.6 is 0 Å². The molecule has 4 heteroatoms. The zero-order valence-electron chi connectivity index (χ0n) is 14.6. The van der Waals surface area contributed by atoms with Gasteiger partial charge in [0.05, 0.1) is 19.8 Å². The number of aryl methyl sites for hydroxylation is 1. The van der Waals surface area contributed by atoms with Gasteiger partial charge in [-0.25, -0.2) is 0 Å². The van der Waals surface area contributed by atoms with Crippen LogP contribution in [0.25, 0.3) is 0 Å². The van der Waals surface area contributed by atoms with Crippen LogP contribution in [0.1, 0.15) is 37.4 Å². The molecule has 0 amide bonds. The number of piperazine rings is 1. The lowest BCUT2D eigenvalue weighted by Gasteiger charge is -2.37. The first-order valence-electron chi connectivity index (χ1n) is 8.24. The summed E-state index contributed by atoms with van der Waals surface area (Å²) < 4.78 is 11.4. The third-order valence-electron chi connectivity index (χ3n) is 4.31. The molecule has 1 aromatic rings. The molecule has 2 rings (SSSR count). The summed E-state index contributed by atoms with van der Waals surface area (Å²) in [5, 5.41) is 3.44. The fraction of sp³-hybridized carbons (Fsp3) is 0.667. The molecule has 1 aliphatic heterocycles. The maximum absolute atomic E-state index is 5.70. The summed E-state index contributed by atoms with van der Waals surface area (Å²) in [5.41, 5.74) is 2.37. The number of nitrogens with one attached hydrogen (secondary N) is 1. The van der Waals surface area contributed by atoms with E-state index in [1.807, 2.05) is 0 Å². The minimum atomic E-state index is 0.340. The molecular formula is C18H30N2O2. The van der Waals surface area contributed by atoms with Crippen LogP contribution in [0.4, 0.5) is 0 Å². The Labute approximate surface area is 134 Å². The van der Waals surface area contributed by atoms with Crippen LogP contribution in [0, 0.1) is 12.8 Å². The van der Waals surface area contributed by atoms with E-state index in [1.165, 1.54) is 11.1 Å². The zero-order valence-corrected chi connectivity index (χ0v) is 14.6. The smallest absolute Gasteiger partial charge is 0.127 e. The van der Waals surface area contributed by atoms with E-state index in [2.05, 4.69) is 43.1 Å². The van der Waals surface area contributed by atoms with Crippen LogP contribution in [0.15, 0.2) is 12.1 Å². The van der Waals surface area contributed by atoms with Gasteiger partial charge in [-0.3, -0.25) is 4.90 Å². The van der Waals surface area contributed by atoms with Gasteiger partial charge in [0.1, 0.15) is 11.5 Å². The molecule has 1 saturated heterocycles. The van der Waals surface area contributed by atoms with Crippen molar-refractivity contribution in [2.75, 3.05) is 40.4 Å². The first-order valence-corrected chi connectivity index (χ1v) is 8.24. The van der Waals surface area contributed by atoms with Gasteiger partial charge in [0.2, 0.25) is 0 Å². The number of benzene rings is 1. The van der Waals surface area contributed by atoms with E-state index in [0.717, 1.165) is 44.1 Å². The van der Waals surface area contributed by atoms with Crippen molar-refractivity contribution in [1.82, 2.24) is 10.2 Å². The van der Waals surface area contributed by atoms with Crippen LogP contribution in [0.3, 0.4) is 0 Å². The SMILES string of the molecule is COc1cc(C)cc(OC)c1[C@@H](CC(C)C)N1CCNCC1. The molecule has 1 atom stereocenters. The Bertz CT molecular complexity index is 457. The fourth-order valence-electron chi connectivity index (χ4n) is 3.29. The van der Waals surface area contributed by atoms with Crippen molar-refractivity contribution in [3.05, 3.63) is 23.3 Å². The molecule has 0 radical (unpaired) electrons. The summed E-state index contributed by atoms with van der Waals surface area (Å²) in [6, 6.07) is 4.58. The van der Waals surface area contributed by atoms with Crippen LogP contribution < -0.4 is 14.8 Å². The third kappa shape index (κ3) is 3.93. The van der Waals surface area contributed by atoms with Gasteiger partial charge in [-0.1, -0.05) is 13.8 Å². The Hall–Kier alpha value is -1.26. The Balaban J connectivity index is 2.45. The van der Waals surface area contributed by atoms with E-state index in [0.29, 0.717) is 12.0 Å². The van der Waals surface area contributed by atoms with Gasteiger partial charge in [-0.15, -0.1) is 0 Å². The summed E-state index contributed by atoms with van der Waals surface area (Å²) in [7, 11) is 3.50. The average Bonchev–Trinajstić information content (AvgIpc) is 2.52. The van der Waals surface area contributed by atoms with Gasteiger partial charge in [0.25, 0.3) is 0 Å². The van der Waals surface area contributed by atoms with E-state index in [9.17, 15) is 0 Å². The van der Waals surface area contributed by atoms with Crippen molar-refractivity contribution in [2.45, 2.75) is 33.2 Å². The lowest BCUT2D eigenvalue weighted by molar-refractivity contribution is 0.148. The van der Waals surface area contributed by atoms with E-state index < -0.39 is 0 Å². The summed E-state index contributed by atoms with van der Waals surface area (Å²) >= 11 is 0. The molecule has 0 bridgehead atoms. The Morgan fingerprint density at radius 3 is 2.09 bits per heavy atom. The van der Waals surface area contributed by atoms with E-state index >= 15 is 0 Å². The summed E-state index contributed by atoms with van der Waals surface area (Å²) in [6.45, 7) is 10.9. The molecule has 1 aliphatic rings. The first-order chi connectivity index (χ1) is 10.6. The Kier molecular flexibility index (Phi) is 6.09. The molecule has 124 valence electrons. The van der Waals surface area contributed by atoms with Gasteiger partial charge in [-0.05, 0) is 37.0 Å². The first kappa shape index (κ1) is 17.1. The quantitative estimate of drug-likeness (QED) is 0.876. The van der Waals surface area contributed by atoms with Crippen LogP contribution in [-0.2, 0) is 0 Å². The Morgan fingerprint density at radius 1 is 1.09 bits per heavy atom. The minimum absolute atomic E-state index is 0.340. The highest BCUT2D eigenvalue weighted by Crippen LogP contribution is 2.41. The molecule has 22 heavy (non-hydrogen) atoms. The highest BCUT2D eigenvalue weighted by atomic mass is 16.5. The fourth-order valence-corrected chi connectivity index (χ4v) is 3.29. The molecule has 0 unspecified atom stereocenters. The van der Waals surface area contributed by atoms with Crippen molar-refractivity contribution < 1.29 is 9.47 Å². The van der Waals surface area contributed by atoms with Crippen molar-refractivity contribution in [1.29, 1.82) is 0 Å². The lowest BCUT2D eigenvalue weighted by atomic mass is 9.92. The van der Waals surface area contributed by atoms with Gasteiger partial charge < -0.3 is 14.8 Å². The standard InChI is InChI=1S/C18H30N2O2/c1-13(2)10-15(20-8-6-19-7-9-20)18-16(21-4)11-14(3)12-17(18)22-5/h11-13,15,19H,6-10H2,1-5H3/t15-/m1/s1. The number of hydrogen-bond donors (Lipinski definition) is 1. The van der Waals surface area contributed by atoms with Crippen molar-refractivity contribution in [2.24, 2.45) is 5.92 Å². The predicted molar refractivity (Wildman–Crippen MR) is 90.9 cm³/mol. The van der Waals surface area contributed by atoms with E-state index in [1.54, 1.807) is 14.2 Å². The average molecular weight is 306 g/mol. The van der Waals surface area contributed by atoms with Crippen LogP contribution in [0.2, 0.25) is 0 Å². The molecule has 4 nitrogen and oxygen atoms in total. The van der Waals surface area contributed by atoms with Gasteiger partial charge in [0, 0.05) is 32.2 Å². The van der Waals surface area contributed by atoms with Crippen molar-refractivity contribution in [3.63, 3.8) is 0 Å². The largest absolute Gasteiger partial charge is 0.496 e. The van der Waals surface area contributed by atoms with Crippen molar-refractivity contribution >= 4 is 0 Å². The second-order valence-corrected chi connectivity index (χ2v) is 6.51. The molecule has 0 aromatic heterocycles. The summed E-state index contributed by atoms with van der Waals surface area (Å²) in [4.78, 5) is 2.56. The molecular weight excluding hydrogens is 276 g/mol. The minimum Gasteiger partial charge on any atom is -0.496 e. The Morgan fingerprint density at radius 2 is 1.64 bits per heavy atom. The normalized spacial score (nSPS) is 17.5.